The summed E-state index contributed by atoms with van der Waals surface area (Å²) in [5.41, 5.74) is 0.971. The number of benzene rings is 1. The number of carbonyl (C=O) groups excluding carboxylic acids is 2. The average molecular weight is 319 g/mol. The molecule has 0 unspecified atom stereocenters. The number of carbonyl (C=O) groups is 2. The van der Waals surface area contributed by atoms with Gasteiger partial charge in [-0.25, -0.2) is 4.79 Å². The Hall–Kier alpha value is -2.24. The van der Waals surface area contributed by atoms with Gasteiger partial charge in [0.25, 0.3) is 0 Å². The molecular weight excluding hydrogens is 294 g/mol. The SMILES string of the molecule is CCCNC(=O)N1CCN(C(=O)Cc2ccc(OC)cc2)CC1. The summed E-state index contributed by atoms with van der Waals surface area (Å²) in [4.78, 5) is 27.8. The highest BCUT2D eigenvalue weighted by molar-refractivity contribution is 5.79. The fraction of sp³-hybridized carbons (Fsp3) is 0.529. The van der Waals surface area contributed by atoms with Gasteiger partial charge < -0.3 is 19.9 Å². The van der Waals surface area contributed by atoms with E-state index < -0.39 is 0 Å². The third-order valence-electron chi connectivity index (χ3n) is 3.96. The lowest BCUT2D eigenvalue weighted by molar-refractivity contribution is -0.131. The van der Waals surface area contributed by atoms with Crippen molar-refractivity contribution in [2.45, 2.75) is 19.8 Å². The summed E-state index contributed by atoms with van der Waals surface area (Å²) in [7, 11) is 1.62. The van der Waals surface area contributed by atoms with Crippen LogP contribution in [0.25, 0.3) is 0 Å². The van der Waals surface area contributed by atoms with Gasteiger partial charge in [0.1, 0.15) is 5.75 Å². The number of amides is 3. The van der Waals surface area contributed by atoms with E-state index in [-0.39, 0.29) is 11.9 Å². The van der Waals surface area contributed by atoms with Gasteiger partial charge in [-0.2, -0.15) is 0 Å². The quantitative estimate of drug-likeness (QED) is 0.895. The van der Waals surface area contributed by atoms with Gasteiger partial charge in [-0.15, -0.1) is 0 Å². The van der Waals surface area contributed by atoms with Crippen molar-refractivity contribution >= 4 is 11.9 Å². The molecule has 0 aliphatic carbocycles. The molecule has 0 aromatic heterocycles. The molecule has 0 atom stereocenters. The largest absolute Gasteiger partial charge is 0.497 e. The first-order valence-electron chi connectivity index (χ1n) is 8.07. The molecule has 2 rings (SSSR count). The molecule has 0 radical (unpaired) electrons. The van der Waals surface area contributed by atoms with Crippen molar-refractivity contribution in [1.82, 2.24) is 15.1 Å². The van der Waals surface area contributed by atoms with E-state index in [1.807, 2.05) is 36.1 Å². The third-order valence-corrected chi connectivity index (χ3v) is 3.96. The molecule has 1 fully saturated rings. The Bertz CT molecular complexity index is 522. The standard InChI is InChI=1S/C17H25N3O3/c1-3-8-18-17(22)20-11-9-19(10-12-20)16(21)13-14-4-6-15(23-2)7-5-14/h4-7H,3,8-13H2,1-2H3,(H,18,22). The van der Waals surface area contributed by atoms with Crippen molar-refractivity contribution in [1.29, 1.82) is 0 Å². The lowest BCUT2D eigenvalue weighted by Crippen LogP contribution is -2.53. The molecule has 0 spiro atoms. The van der Waals surface area contributed by atoms with Crippen LogP contribution in [-0.4, -0.2) is 61.6 Å². The van der Waals surface area contributed by atoms with E-state index in [0.29, 0.717) is 39.1 Å². The van der Waals surface area contributed by atoms with E-state index in [2.05, 4.69) is 5.32 Å². The van der Waals surface area contributed by atoms with Crippen LogP contribution in [0.1, 0.15) is 18.9 Å². The number of hydrogen-bond donors (Lipinski definition) is 1. The van der Waals surface area contributed by atoms with Crippen LogP contribution in [0.2, 0.25) is 0 Å². The van der Waals surface area contributed by atoms with Gasteiger partial charge in [0.2, 0.25) is 5.91 Å². The van der Waals surface area contributed by atoms with Gasteiger partial charge in [0, 0.05) is 32.7 Å². The fourth-order valence-electron chi connectivity index (χ4n) is 2.53. The molecule has 1 aliphatic heterocycles. The second-order valence-corrected chi connectivity index (χ2v) is 5.62. The first kappa shape index (κ1) is 17.1. The van der Waals surface area contributed by atoms with Crippen LogP contribution in [0.15, 0.2) is 24.3 Å². The van der Waals surface area contributed by atoms with Crippen LogP contribution in [0.4, 0.5) is 4.79 Å². The van der Waals surface area contributed by atoms with E-state index in [9.17, 15) is 9.59 Å². The Kier molecular flexibility index (Phi) is 6.26. The number of rotatable bonds is 5. The second kappa shape index (κ2) is 8.41. The zero-order valence-corrected chi connectivity index (χ0v) is 13.9. The normalized spacial score (nSPS) is 14.5. The van der Waals surface area contributed by atoms with Crippen LogP contribution in [0.3, 0.4) is 0 Å². The van der Waals surface area contributed by atoms with Crippen molar-refractivity contribution in [3.05, 3.63) is 29.8 Å². The Morgan fingerprint density at radius 2 is 1.70 bits per heavy atom. The van der Waals surface area contributed by atoms with Crippen molar-refractivity contribution in [2.75, 3.05) is 39.8 Å². The molecule has 1 saturated heterocycles. The first-order valence-corrected chi connectivity index (χ1v) is 8.07. The second-order valence-electron chi connectivity index (χ2n) is 5.62. The molecular formula is C17H25N3O3. The van der Waals surface area contributed by atoms with Crippen molar-refractivity contribution < 1.29 is 14.3 Å². The summed E-state index contributed by atoms with van der Waals surface area (Å²) >= 11 is 0. The molecule has 126 valence electrons. The van der Waals surface area contributed by atoms with Crippen LogP contribution in [-0.2, 0) is 11.2 Å². The molecule has 3 amide bonds. The van der Waals surface area contributed by atoms with Crippen LogP contribution in [0, 0.1) is 0 Å². The monoisotopic (exact) mass is 319 g/mol. The minimum atomic E-state index is -0.0332. The van der Waals surface area contributed by atoms with E-state index in [1.165, 1.54) is 0 Å². The number of methoxy groups -OCH3 is 1. The highest BCUT2D eigenvalue weighted by Crippen LogP contribution is 2.13. The molecule has 6 heteroatoms. The highest BCUT2D eigenvalue weighted by atomic mass is 16.5. The number of hydrogen-bond acceptors (Lipinski definition) is 3. The van der Waals surface area contributed by atoms with Gasteiger partial charge in [0.15, 0.2) is 0 Å². The minimum absolute atomic E-state index is 0.0332. The van der Waals surface area contributed by atoms with Gasteiger partial charge in [-0.1, -0.05) is 19.1 Å². The smallest absolute Gasteiger partial charge is 0.317 e. The van der Waals surface area contributed by atoms with Crippen molar-refractivity contribution in [2.24, 2.45) is 0 Å². The van der Waals surface area contributed by atoms with E-state index in [1.54, 1.807) is 12.0 Å². The summed E-state index contributed by atoms with van der Waals surface area (Å²) < 4.78 is 5.11. The Balaban J connectivity index is 1.79. The van der Waals surface area contributed by atoms with Gasteiger partial charge in [-0.3, -0.25) is 4.79 Å². The maximum atomic E-state index is 12.3. The lowest BCUT2D eigenvalue weighted by atomic mass is 10.1. The summed E-state index contributed by atoms with van der Waals surface area (Å²) in [6, 6.07) is 7.50. The molecule has 1 aromatic carbocycles. The summed E-state index contributed by atoms with van der Waals surface area (Å²) in [6.45, 7) is 5.07. The zero-order chi connectivity index (χ0) is 16.7. The molecule has 6 nitrogen and oxygen atoms in total. The van der Waals surface area contributed by atoms with Crippen LogP contribution < -0.4 is 10.1 Å². The zero-order valence-electron chi connectivity index (χ0n) is 13.9. The maximum absolute atomic E-state index is 12.3. The average Bonchev–Trinajstić information content (AvgIpc) is 2.60. The number of nitrogens with one attached hydrogen (secondary N) is 1. The van der Waals surface area contributed by atoms with Crippen molar-refractivity contribution in [3.63, 3.8) is 0 Å². The van der Waals surface area contributed by atoms with E-state index >= 15 is 0 Å². The molecule has 1 N–H and O–H groups in total. The Morgan fingerprint density at radius 3 is 2.26 bits per heavy atom. The first-order chi connectivity index (χ1) is 11.1. The molecule has 1 aliphatic rings. The fourth-order valence-corrected chi connectivity index (χ4v) is 2.53. The summed E-state index contributed by atoms with van der Waals surface area (Å²) in [5, 5.41) is 2.87. The molecule has 23 heavy (non-hydrogen) atoms. The van der Waals surface area contributed by atoms with Gasteiger partial charge >= 0.3 is 6.03 Å². The predicted octanol–water partition coefficient (Wildman–Crippen LogP) is 1.50. The molecule has 0 saturated carbocycles. The number of urea groups is 1. The Labute approximate surface area is 137 Å². The van der Waals surface area contributed by atoms with Crippen LogP contribution in [0.5, 0.6) is 5.75 Å². The number of nitrogens with zero attached hydrogens (tertiary/aromatic N) is 2. The highest BCUT2D eigenvalue weighted by Gasteiger charge is 2.23. The Morgan fingerprint density at radius 1 is 1.09 bits per heavy atom. The molecule has 1 heterocycles. The van der Waals surface area contributed by atoms with Gasteiger partial charge in [0.05, 0.1) is 13.5 Å². The number of piperazine rings is 1. The minimum Gasteiger partial charge on any atom is -0.497 e. The number of ether oxygens (including phenoxy) is 1. The molecule has 0 bridgehead atoms. The topological polar surface area (TPSA) is 61.9 Å². The van der Waals surface area contributed by atoms with Crippen molar-refractivity contribution in [3.8, 4) is 5.75 Å². The van der Waals surface area contributed by atoms with E-state index in [4.69, 9.17) is 4.74 Å². The molecule has 1 aromatic rings. The van der Waals surface area contributed by atoms with Gasteiger partial charge in [-0.05, 0) is 24.1 Å². The summed E-state index contributed by atoms with van der Waals surface area (Å²) in [5.74, 6) is 0.886. The van der Waals surface area contributed by atoms with E-state index in [0.717, 1.165) is 17.7 Å². The van der Waals surface area contributed by atoms with Crippen LogP contribution >= 0.6 is 0 Å². The third kappa shape index (κ3) is 4.87. The summed E-state index contributed by atoms with van der Waals surface area (Å²) in [6.07, 6.45) is 1.30. The predicted molar refractivity (Wildman–Crippen MR) is 88.5 cm³/mol. The maximum Gasteiger partial charge on any atom is 0.317 e. The lowest BCUT2D eigenvalue weighted by Gasteiger charge is -2.34.